The molecule has 0 saturated carbocycles. The summed E-state index contributed by atoms with van der Waals surface area (Å²) in [5.74, 6) is 0.00316. The predicted octanol–water partition coefficient (Wildman–Crippen LogP) is 5.05. The number of para-hydroxylation sites is 1. The molecule has 0 radical (unpaired) electrons. The Labute approximate surface area is 163 Å². The number of hydrogen-bond acceptors (Lipinski definition) is 4. The number of nitrogens with zero attached hydrogens (tertiary/aromatic N) is 2. The zero-order chi connectivity index (χ0) is 19.0. The molecule has 1 unspecified atom stereocenters. The molecule has 1 aliphatic rings. The summed E-state index contributed by atoms with van der Waals surface area (Å²) in [4.78, 5) is 20.1. The lowest BCUT2D eigenvalue weighted by Crippen LogP contribution is -2.37. The molecule has 0 N–H and O–H groups in total. The molecule has 1 fully saturated rings. The van der Waals surface area contributed by atoms with Gasteiger partial charge in [0.1, 0.15) is 0 Å². The van der Waals surface area contributed by atoms with E-state index in [1.54, 1.807) is 11.3 Å². The largest absolute Gasteiger partial charge is 0.376 e. The summed E-state index contributed by atoms with van der Waals surface area (Å²) in [5.41, 5.74) is 4.92. The monoisotopic (exact) mass is 380 g/mol. The maximum Gasteiger partial charge on any atom is 0.260 e. The maximum atomic E-state index is 13.5. The van der Waals surface area contributed by atoms with Crippen molar-refractivity contribution >= 4 is 32.6 Å². The van der Waals surface area contributed by atoms with E-state index < -0.39 is 0 Å². The fourth-order valence-electron chi connectivity index (χ4n) is 3.54. The van der Waals surface area contributed by atoms with Crippen LogP contribution in [0.1, 0.15) is 39.9 Å². The molecular formula is C22H24N2O2S. The fourth-order valence-corrected chi connectivity index (χ4v) is 4.59. The number of rotatable bonds is 4. The average molecular weight is 381 g/mol. The molecule has 1 aromatic heterocycles. The van der Waals surface area contributed by atoms with E-state index in [1.165, 1.54) is 0 Å². The van der Waals surface area contributed by atoms with Gasteiger partial charge in [-0.05, 0) is 56.9 Å². The number of aromatic nitrogens is 1. The van der Waals surface area contributed by atoms with Crippen molar-refractivity contribution in [2.24, 2.45) is 0 Å². The highest BCUT2D eigenvalue weighted by atomic mass is 32.1. The van der Waals surface area contributed by atoms with Gasteiger partial charge in [0.05, 0.1) is 22.9 Å². The zero-order valence-corrected chi connectivity index (χ0v) is 16.8. The number of benzene rings is 2. The van der Waals surface area contributed by atoms with Gasteiger partial charge in [0.25, 0.3) is 5.91 Å². The SMILES string of the molecule is Cc1ccc(C)c(C(=O)N(CC2CCCO2)c2nc3c(C)cccc3s2)c1. The molecule has 2 heterocycles. The van der Waals surface area contributed by atoms with Gasteiger partial charge in [0.15, 0.2) is 5.13 Å². The number of hydrogen-bond donors (Lipinski definition) is 0. The summed E-state index contributed by atoms with van der Waals surface area (Å²) in [6.45, 7) is 7.38. The van der Waals surface area contributed by atoms with Crippen molar-refractivity contribution < 1.29 is 9.53 Å². The number of aryl methyl sites for hydroxylation is 3. The van der Waals surface area contributed by atoms with Gasteiger partial charge in [-0.2, -0.15) is 0 Å². The third kappa shape index (κ3) is 3.62. The van der Waals surface area contributed by atoms with E-state index in [4.69, 9.17) is 9.72 Å². The van der Waals surface area contributed by atoms with E-state index in [0.717, 1.165) is 57.1 Å². The Kier molecular flexibility index (Phi) is 4.98. The summed E-state index contributed by atoms with van der Waals surface area (Å²) < 4.78 is 6.93. The van der Waals surface area contributed by atoms with Gasteiger partial charge in [-0.1, -0.05) is 41.2 Å². The van der Waals surface area contributed by atoms with Gasteiger partial charge in [-0.3, -0.25) is 9.69 Å². The molecule has 140 valence electrons. The number of ether oxygens (including phenoxy) is 1. The van der Waals surface area contributed by atoms with Crippen molar-refractivity contribution in [3.63, 3.8) is 0 Å². The number of amides is 1. The van der Waals surface area contributed by atoms with Crippen LogP contribution in [0.15, 0.2) is 36.4 Å². The van der Waals surface area contributed by atoms with E-state index in [0.29, 0.717) is 6.54 Å². The van der Waals surface area contributed by atoms with Gasteiger partial charge < -0.3 is 4.74 Å². The van der Waals surface area contributed by atoms with Gasteiger partial charge in [-0.15, -0.1) is 0 Å². The quantitative estimate of drug-likeness (QED) is 0.636. The molecule has 1 atom stereocenters. The van der Waals surface area contributed by atoms with E-state index in [9.17, 15) is 4.79 Å². The zero-order valence-electron chi connectivity index (χ0n) is 16.0. The normalized spacial score (nSPS) is 16.8. The van der Waals surface area contributed by atoms with E-state index in [-0.39, 0.29) is 12.0 Å². The van der Waals surface area contributed by atoms with Crippen molar-refractivity contribution in [2.75, 3.05) is 18.1 Å². The van der Waals surface area contributed by atoms with Crippen LogP contribution in [0.25, 0.3) is 10.2 Å². The molecule has 3 aromatic rings. The molecule has 0 spiro atoms. The molecular weight excluding hydrogens is 356 g/mol. The van der Waals surface area contributed by atoms with Crippen LogP contribution in [0.4, 0.5) is 5.13 Å². The van der Waals surface area contributed by atoms with Crippen LogP contribution < -0.4 is 4.90 Å². The topological polar surface area (TPSA) is 42.4 Å². The standard InChI is InChI=1S/C22H24N2O2S/c1-14-9-10-15(2)18(12-14)21(25)24(13-17-7-5-11-26-17)22-23-20-16(3)6-4-8-19(20)27-22/h4,6,8-10,12,17H,5,7,11,13H2,1-3H3. The van der Waals surface area contributed by atoms with Crippen molar-refractivity contribution in [1.29, 1.82) is 0 Å². The molecule has 4 rings (SSSR count). The Morgan fingerprint density at radius 2 is 2.07 bits per heavy atom. The molecule has 2 aromatic carbocycles. The van der Waals surface area contributed by atoms with Crippen LogP contribution in [-0.2, 0) is 4.74 Å². The molecule has 1 amide bonds. The van der Waals surface area contributed by atoms with Crippen molar-refractivity contribution in [3.8, 4) is 0 Å². The fraction of sp³-hybridized carbons (Fsp3) is 0.364. The second-order valence-electron chi connectivity index (χ2n) is 7.29. The van der Waals surface area contributed by atoms with Crippen LogP contribution in [-0.4, -0.2) is 30.1 Å². The van der Waals surface area contributed by atoms with Crippen LogP contribution in [0.2, 0.25) is 0 Å². The summed E-state index contributed by atoms with van der Waals surface area (Å²) in [5, 5.41) is 0.751. The van der Waals surface area contributed by atoms with E-state index >= 15 is 0 Å². The number of fused-ring (bicyclic) bond motifs is 1. The average Bonchev–Trinajstić information content (AvgIpc) is 3.31. The number of anilines is 1. The van der Waals surface area contributed by atoms with Crippen LogP contribution in [0.3, 0.4) is 0 Å². The lowest BCUT2D eigenvalue weighted by atomic mass is 10.0. The molecule has 5 heteroatoms. The van der Waals surface area contributed by atoms with Gasteiger partial charge in [0, 0.05) is 12.2 Å². The van der Waals surface area contributed by atoms with Gasteiger partial charge in [0.2, 0.25) is 0 Å². The Hall–Kier alpha value is -2.24. The highest BCUT2D eigenvalue weighted by Gasteiger charge is 2.28. The van der Waals surface area contributed by atoms with Crippen LogP contribution in [0, 0.1) is 20.8 Å². The Balaban J connectivity index is 1.76. The van der Waals surface area contributed by atoms with Gasteiger partial charge in [-0.25, -0.2) is 4.98 Å². The third-order valence-electron chi connectivity index (χ3n) is 5.12. The molecule has 1 aliphatic heterocycles. The van der Waals surface area contributed by atoms with Crippen LogP contribution in [0.5, 0.6) is 0 Å². The second kappa shape index (κ2) is 7.41. The summed E-state index contributed by atoms with van der Waals surface area (Å²) >= 11 is 1.57. The minimum absolute atomic E-state index is 0.00316. The maximum absolute atomic E-state index is 13.5. The van der Waals surface area contributed by atoms with Crippen molar-refractivity contribution in [3.05, 3.63) is 58.7 Å². The first-order valence-electron chi connectivity index (χ1n) is 9.40. The van der Waals surface area contributed by atoms with E-state index in [1.807, 2.05) is 43.0 Å². The molecule has 1 saturated heterocycles. The highest BCUT2D eigenvalue weighted by Crippen LogP contribution is 2.32. The number of carbonyl (C=O) groups is 1. The summed E-state index contributed by atoms with van der Waals surface area (Å²) in [6.07, 6.45) is 2.11. The first-order chi connectivity index (χ1) is 13.0. The van der Waals surface area contributed by atoms with Crippen molar-refractivity contribution in [1.82, 2.24) is 4.98 Å². The number of thiazole rings is 1. The first-order valence-corrected chi connectivity index (χ1v) is 10.2. The van der Waals surface area contributed by atoms with Crippen molar-refractivity contribution in [2.45, 2.75) is 39.7 Å². The Morgan fingerprint density at radius 3 is 2.81 bits per heavy atom. The lowest BCUT2D eigenvalue weighted by Gasteiger charge is -2.24. The third-order valence-corrected chi connectivity index (χ3v) is 6.16. The second-order valence-corrected chi connectivity index (χ2v) is 8.30. The smallest absolute Gasteiger partial charge is 0.260 e. The van der Waals surface area contributed by atoms with Crippen LogP contribution >= 0.6 is 11.3 Å². The number of carbonyl (C=O) groups excluding carboxylic acids is 1. The molecule has 4 nitrogen and oxygen atoms in total. The summed E-state index contributed by atoms with van der Waals surface area (Å²) in [6, 6.07) is 12.2. The first kappa shape index (κ1) is 18.1. The minimum Gasteiger partial charge on any atom is -0.376 e. The highest BCUT2D eigenvalue weighted by molar-refractivity contribution is 7.22. The molecule has 0 aliphatic carbocycles. The molecule has 0 bridgehead atoms. The predicted molar refractivity (Wildman–Crippen MR) is 111 cm³/mol. The molecule has 27 heavy (non-hydrogen) atoms. The Bertz CT molecular complexity index is 989. The van der Waals surface area contributed by atoms with E-state index in [2.05, 4.69) is 19.1 Å². The lowest BCUT2D eigenvalue weighted by molar-refractivity contribution is 0.0917. The summed E-state index contributed by atoms with van der Waals surface area (Å²) in [7, 11) is 0. The van der Waals surface area contributed by atoms with Gasteiger partial charge >= 0.3 is 0 Å². The Morgan fingerprint density at radius 1 is 1.22 bits per heavy atom. The minimum atomic E-state index is 0.00316.